The van der Waals surface area contributed by atoms with Gasteiger partial charge < -0.3 is 10.3 Å². The largest absolute Gasteiger partial charge is 0.358 e. The number of carbonyl (C=O) groups is 1. The molecule has 33 heavy (non-hydrogen) atoms. The molecule has 5 nitrogen and oxygen atoms in total. The lowest BCUT2D eigenvalue weighted by Crippen LogP contribution is -2.35. The number of anilines is 1. The molecule has 0 spiro atoms. The number of hydrogen-bond donors (Lipinski definition) is 2. The van der Waals surface area contributed by atoms with Crippen LogP contribution in [-0.4, -0.2) is 33.9 Å². The van der Waals surface area contributed by atoms with Crippen LogP contribution >= 0.6 is 0 Å². The number of piperidine rings is 1. The number of nitrogens with zero attached hydrogens (tertiary/aromatic N) is 2. The van der Waals surface area contributed by atoms with E-state index in [2.05, 4.69) is 28.2 Å². The highest BCUT2D eigenvalue weighted by Gasteiger charge is 2.29. The summed E-state index contributed by atoms with van der Waals surface area (Å²) in [6, 6.07) is 17.6. The number of aryl methyl sites for hydroxylation is 1. The Morgan fingerprint density at radius 2 is 1.85 bits per heavy atom. The van der Waals surface area contributed by atoms with Gasteiger partial charge in [-0.2, -0.15) is 0 Å². The number of nitrogens with one attached hydrogen (secondary N) is 2. The predicted octanol–water partition coefficient (Wildman–Crippen LogP) is 5.84. The van der Waals surface area contributed by atoms with Crippen LogP contribution in [0.15, 0.2) is 66.9 Å². The number of hydrogen-bond acceptors (Lipinski definition) is 3. The van der Waals surface area contributed by atoms with Gasteiger partial charge in [0.05, 0.1) is 11.7 Å². The molecule has 1 aliphatic rings. The van der Waals surface area contributed by atoms with Crippen LogP contribution in [0.2, 0.25) is 0 Å². The fourth-order valence-electron chi connectivity index (χ4n) is 4.81. The molecular formula is C27H27FN4O. The Morgan fingerprint density at radius 1 is 1.06 bits per heavy atom. The second-order valence-corrected chi connectivity index (χ2v) is 8.64. The maximum absolute atomic E-state index is 13.2. The van der Waals surface area contributed by atoms with Gasteiger partial charge in [-0.1, -0.05) is 12.5 Å². The van der Waals surface area contributed by atoms with Crippen LogP contribution in [0.1, 0.15) is 52.6 Å². The molecule has 1 amide bonds. The molecule has 0 radical (unpaired) electrons. The zero-order chi connectivity index (χ0) is 22.8. The third-order valence-electron chi connectivity index (χ3n) is 6.40. The van der Waals surface area contributed by atoms with Crippen LogP contribution in [0.4, 0.5) is 10.1 Å². The van der Waals surface area contributed by atoms with Crippen LogP contribution in [-0.2, 0) is 0 Å². The minimum Gasteiger partial charge on any atom is -0.358 e. The predicted molar refractivity (Wildman–Crippen MR) is 129 cm³/mol. The van der Waals surface area contributed by atoms with Crippen molar-refractivity contribution in [3.05, 3.63) is 95.2 Å². The summed E-state index contributed by atoms with van der Waals surface area (Å²) >= 11 is 0. The first-order chi connectivity index (χ1) is 16.1. The molecule has 6 heteroatoms. The van der Waals surface area contributed by atoms with Crippen molar-refractivity contribution >= 4 is 22.5 Å². The summed E-state index contributed by atoms with van der Waals surface area (Å²) in [7, 11) is 0. The quantitative estimate of drug-likeness (QED) is 0.408. The van der Waals surface area contributed by atoms with E-state index in [-0.39, 0.29) is 17.8 Å². The van der Waals surface area contributed by atoms with Gasteiger partial charge >= 0.3 is 0 Å². The zero-order valence-electron chi connectivity index (χ0n) is 18.6. The van der Waals surface area contributed by atoms with Gasteiger partial charge in [-0.15, -0.1) is 0 Å². The molecule has 1 saturated heterocycles. The topological polar surface area (TPSA) is 61.0 Å². The number of carbonyl (C=O) groups excluding carboxylic acids is 1. The van der Waals surface area contributed by atoms with E-state index in [0.29, 0.717) is 11.3 Å². The van der Waals surface area contributed by atoms with Crippen molar-refractivity contribution in [2.75, 3.05) is 18.4 Å². The molecule has 2 aromatic heterocycles. The Bertz CT molecular complexity index is 1260. The number of aromatic nitrogens is 2. The van der Waals surface area contributed by atoms with Gasteiger partial charge in [-0.05, 0) is 87.5 Å². The Kier molecular flexibility index (Phi) is 5.92. The van der Waals surface area contributed by atoms with Crippen molar-refractivity contribution in [1.29, 1.82) is 0 Å². The van der Waals surface area contributed by atoms with E-state index in [4.69, 9.17) is 4.98 Å². The van der Waals surface area contributed by atoms with Gasteiger partial charge in [0.1, 0.15) is 5.82 Å². The maximum Gasteiger partial charge on any atom is 0.255 e. The van der Waals surface area contributed by atoms with E-state index >= 15 is 0 Å². The average molecular weight is 443 g/mol. The van der Waals surface area contributed by atoms with E-state index in [1.165, 1.54) is 49.1 Å². The van der Waals surface area contributed by atoms with E-state index < -0.39 is 0 Å². The van der Waals surface area contributed by atoms with Gasteiger partial charge in [0, 0.05) is 39.6 Å². The Balaban J connectivity index is 1.54. The third kappa shape index (κ3) is 4.39. The number of halogens is 1. The number of likely N-dealkylation sites (tertiary alicyclic amines) is 1. The number of H-pyrrole nitrogens is 1. The summed E-state index contributed by atoms with van der Waals surface area (Å²) in [5, 5.41) is 4.03. The molecule has 5 rings (SSSR count). The van der Waals surface area contributed by atoms with Crippen molar-refractivity contribution in [3.8, 4) is 0 Å². The van der Waals surface area contributed by atoms with Crippen molar-refractivity contribution in [1.82, 2.24) is 14.9 Å². The summed E-state index contributed by atoms with van der Waals surface area (Å²) in [4.78, 5) is 23.5. The first-order valence-corrected chi connectivity index (χ1v) is 11.4. The molecule has 1 fully saturated rings. The highest BCUT2D eigenvalue weighted by atomic mass is 19.1. The first-order valence-electron chi connectivity index (χ1n) is 11.4. The molecule has 1 aliphatic heterocycles. The molecule has 0 saturated carbocycles. The second kappa shape index (κ2) is 9.16. The molecule has 3 heterocycles. The molecule has 168 valence electrons. The van der Waals surface area contributed by atoms with Crippen LogP contribution in [0.25, 0.3) is 10.9 Å². The van der Waals surface area contributed by atoms with Crippen molar-refractivity contribution < 1.29 is 9.18 Å². The summed E-state index contributed by atoms with van der Waals surface area (Å²) in [6.45, 7) is 4.18. The molecule has 2 N–H and O–H groups in total. The summed E-state index contributed by atoms with van der Waals surface area (Å²) in [5.41, 5.74) is 5.48. The summed E-state index contributed by atoms with van der Waals surface area (Å²) in [5.74, 6) is -0.626. The molecule has 0 bridgehead atoms. The standard InChI is InChI=1S/C27H27FN4O/c1-18-25(26(24-7-3-4-14-29-24)32-15-5-2-6-16-32)22-17-21(12-13-23(22)30-18)31-27(33)19-8-10-20(28)11-9-19/h3-4,7-14,17,26,30H,2,5-6,15-16H2,1H3,(H,31,33)/t26-/m0/s1. The van der Waals surface area contributed by atoms with Gasteiger partial charge in [0.25, 0.3) is 5.91 Å². The highest BCUT2D eigenvalue weighted by molar-refractivity contribution is 6.05. The van der Waals surface area contributed by atoms with Crippen molar-refractivity contribution in [2.45, 2.75) is 32.2 Å². The highest BCUT2D eigenvalue weighted by Crippen LogP contribution is 2.37. The summed E-state index contributed by atoms with van der Waals surface area (Å²) < 4.78 is 13.2. The number of amides is 1. The normalized spacial score (nSPS) is 15.5. The minimum atomic E-state index is -0.362. The monoisotopic (exact) mass is 442 g/mol. The lowest BCUT2D eigenvalue weighted by Gasteiger charge is -2.34. The number of pyridine rings is 1. The average Bonchev–Trinajstić information content (AvgIpc) is 3.16. The van der Waals surface area contributed by atoms with Gasteiger partial charge in [0.2, 0.25) is 0 Å². The van der Waals surface area contributed by atoms with E-state index in [1.54, 1.807) is 0 Å². The smallest absolute Gasteiger partial charge is 0.255 e. The second-order valence-electron chi connectivity index (χ2n) is 8.64. The number of benzene rings is 2. The molecule has 0 aliphatic carbocycles. The fraction of sp³-hybridized carbons (Fsp3) is 0.259. The molecule has 2 aromatic carbocycles. The third-order valence-corrected chi connectivity index (χ3v) is 6.40. The molecular weight excluding hydrogens is 415 g/mol. The summed E-state index contributed by atoms with van der Waals surface area (Å²) in [6.07, 6.45) is 5.48. The first kappa shape index (κ1) is 21.3. The lowest BCUT2D eigenvalue weighted by molar-refractivity contribution is 0.102. The fourth-order valence-corrected chi connectivity index (χ4v) is 4.81. The SMILES string of the molecule is Cc1[nH]c2ccc(NC(=O)c3ccc(F)cc3)cc2c1[C@H](c1ccccn1)N1CCCCC1. The molecule has 4 aromatic rings. The molecule has 1 atom stereocenters. The Labute approximate surface area is 192 Å². The van der Waals surface area contributed by atoms with E-state index in [9.17, 15) is 9.18 Å². The minimum absolute atomic E-state index is 0.0447. The number of rotatable bonds is 5. The van der Waals surface area contributed by atoms with Crippen molar-refractivity contribution in [3.63, 3.8) is 0 Å². The van der Waals surface area contributed by atoms with Crippen LogP contribution in [0.3, 0.4) is 0 Å². The Morgan fingerprint density at radius 3 is 2.58 bits per heavy atom. The number of fused-ring (bicyclic) bond motifs is 1. The van der Waals surface area contributed by atoms with Crippen LogP contribution in [0, 0.1) is 12.7 Å². The van der Waals surface area contributed by atoms with E-state index in [0.717, 1.165) is 35.4 Å². The van der Waals surface area contributed by atoms with Gasteiger partial charge in [-0.3, -0.25) is 14.7 Å². The molecule has 0 unspecified atom stereocenters. The van der Waals surface area contributed by atoms with Gasteiger partial charge in [-0.25, -0.2) is 4.39 Å². The Hall–Kier alpha value is -3.51. The lowest BCUT2D eigenvalue weighted by atomic mass is 9.95. The van der Waals surface area contributed by atoms with E-state index in [1.807, 2.05) is 36.5 Å². The van der Waals surface area contributed by atoms with Crippen LogP contribution in [0.5, 0.6) is 0 Å². The van der Waals surface area contributed by atoms with Crippen LogP contribution < -0.4 is 5.32 Å². The van der Waals surface area contributed by atoms with Gasteiger partial charge in [0.15, 0.2) is 0 Å². The maximum atomic E-state index is 13.2. The number of aromatic amines is 1. The van der Waals surface area contributed by atoms with Crippen molar-refractivity contribution in [2.24, 2.45) is 0 Å². The zero-order valence-corrected chi connectivity index (χ0v) is 18.6.